The molecule has 0 heterocycles. The van der Waals surface area contributed by atoms with Crippen LogP contribution >= 0.6 is 15.9 Å². The molecule has 0 fully saturated rings. The van der Waals surface area contributed by atoms with Gasteiger partial charge in [0, 0.05) is 32.1 Å². The fourth-order valence-electron chi connectivity index (χ4n) is 8.50. The third kappa shape index (κ3) is 7.59. The van der Waals surface area contributed by atoms with Crippen molar-refractivity contribution in [3.05, 3.63) is 220 Å². The SMILES string of the molecule is CC1(C)c2ccccc2-c2c(Br)cccc21.CC1(C)c2ccccc2-c2c(Nc3cc(-c4ccccc4)ccc3F)cccc21.Nc1cc(-c2ccccc2)ccc1F. The first-order valence-electron chi connectivity index (χ1n) is 19.8. The lowest BCUT2D eigenvalue weighted by Crippen LogP contribution is -2.14. The van der Waals surface area contributed by atoms with Gasteiger partial charge in [0.05, 0.1) is 11.4 Å². The molecule has 2 nitrogen and oxygen atoms in total. The van der Waals surface area contributed by atoms with E-state index in [1.807, 2.05) is 84.9 Å². The Morgan fingerprint density at radius 2 is 0.881 bits per heavy atom. The van der Waals surface area contributed by atoms with Crippen LogP contribution in [-0.4, -0.2) is 0 Å². The molecule has 292 valence electrons. The van der Waals surface area contributed by atoms with E-state index in [1.54, 1.807) is 12.1 Å². The van der Waals surface area contributed by atoms with Crippen LogP contribution in [0.25, 0.3) is 44.5 Å². The van der Waals surface area contributed by atoms with Crippen molar-refractivity contribution in [3.63, 3.8) is 0 Å². The molecule has 0 bridgehead atoms. The van der Waals surface area contributed by atoms with Crippen molar-refractivity contribution < 1.29 is 8.78 Å². The summed E-state index contributed by atoms with van der Waals surface area (Å²) in [6, 6.07) is 59.7. The van der Waals surface area contributed by atoms with E-state index in [0.29, 0.717) is 5.69 Å². The summed E-state index contributed by atoms with van der Waals surface area (Å²) < 4.78 is 28.8. The first-order valence-corrected chi connectivity index (χ1v) is 20.6. The van der Waals surface area contributed by atoms with Crippen LogP contribution in [0.3, 0.4) is 0 Å². The lowest BCUT2D eigenvalue weighted by molar-refractivity contribution is 0.632. The molecule has 3 N–H and O–H groups in total. The Morgan fingerprint density at radius 1 is 0.424 bits per heavy atom. The second-order valence-corrected chi connectivity index (χ2v) is 16.9. The summed E-state index contributed by atoms with van der Waals surface area (Å²) in [6.45, 7) is 9.09. The maximum Gasteiger partial charge on any atom is 0.146 e. The van der Waals surface area contributed by atoms with E-state index in [0.717, 1.165) is 33.5 Å². The summed E-state index contributed by atoms with van der Waals surface area (Å²) in [7, 11) is 0. The van der Waals surface area contributed by atoms with Crippen LogP contribution in [0.2, 0.25) is 0 Å². The van der Waals surface area contributed by atoms with Gasteiger partial charge in [-0.05, 0) is 92.0 Å². The fraction of sp³-hybridized carbons (Fsp3) is 0.111. The van der Waals surface area contributed by atoms with E-state index < -0.39 is 0 Å². The van der Waals surface area contributed by atoms with Gasteiger partial charge >= 0.3 is 0 Å². The Morgan fingerprint density at radius 3 is 1.46 bits per heavy atom. The number of nitrogens with one attached hydrogen (secondary N) is 1. The zero-order valence-electron chi connectivity index (χ0n) is 33.5. The van der Waals surface area contributed by atoms with Crippen molar-refractivity contribution >= 4 is 33.0 Å². The molecule has 5 heteroatoms. The summed E-state index contributed by atoms with van der Waals surface area (Å²) in [6.07, 6.45) is 0. The van der Waals surface area contributed by atoms with Crippen LogP contribution < -0.4 is 11.1 Å². The highest BCUT2D eigenvalue weighted by Crippen LogP contribution is 2.52. The Hall–Kier alpha value is -6.30. The van der Waals surface area contributed by atoms with Gasteiger partial charge in [0.2, 0.25) is 0 Å². The van der Waals surface area contributed by atoms with Crippen LogP contribution in [0.4, 0.5) is 25.8 Å². The summed E-state index contributed by atoms with van der Waals surface area (Å²) in [5.41, 5.74) is 21.7. The molecule has 0 radical (unpaired) electrons. The molecule has 8 aromatic rings. The van der Waals surface area contributed by atoms with Gasteiger partial charge < -0.3 is 11.1 Å². The number of halogens is 3. The monoisotopic (exact) mass is 838 g/mol. The van der Waals surface area contributed by atoms with E-state index >= 15 is 0 Å². The Kier molecular flexibility index (Phi) is 10.8. The molecule has 0 unspecified atom stereocenters. The van der Waals surface area contributed by atoms with Gasteiger partial charge in [-0.25, -0.2) is 8.78 Å². The molecule has 0 aromatic heterocycles. The van der Waals surface area contributed by atoms with Crippen molar-refractivity contribution in [3.8, 4) is 44.5 Å². The predicted octanol–water partition coefficient (Wildman–Crippen LogP) is 15.4. The zero-order chi connectivity index (χ0) is 41.3. The van der Waals surface area contributed by atoms with Crippen molar-refractivity contribution in [2.75, 3.05) is 11.1 Å². The quantitative estimate of drug-likeness (QED) is 0.173. The molecule has 0 saturated carbocycles. The van der Waals surface area contributed by atoms with Crippen LogP contribution in [-0.2, 0) is 10.8 Å². The molecule has 0 atom stereocenters. The summed E-state index contributed by atoms with van der Waals surface area (Å²) in [5.74, 6) is -0.627. The number of nitrogens with two attached hydrogens (primary N) is 1. The number of hydrogen-bond donors (Lipinski definition) is 2. The minimum atomic E-state index is -0.371. The van der Waals surface area contributed by atoms with Gasteiger partial charge in [0.25, 0.3) is 0 Å². The number of fused-ring (bicyclic) bond motifs is 6. The average Bonchev–Trinajstić information content (AvgIpc) is 3.64. The van der Waals surface area contributed by atoms with E-state index in [-0.39, 0.29) is 28.2 Å². The molecule has 2 aliphatic rings. The Bertz CT molecular complexity index is 2790. The summed E-state index contributed by atoms with van der Waals surface area (Å²) in [4.78, 5) is 0. The molecule has 59 heavy (non-hydrogen) atoms. The number of hydrogen-bond acceptors (Lipinski definition) is 2. The summed E-state index contributed by atoms with van der Waals surface area (Å²) >= 11 is 3.67. The molecule has 10 rings (SSSR count). The smallest absolute Gasteiger partial charge is 0.146 e. The third-order valence-corrected chi connectivity index (χ3v) is 12.3. The number of nitrogen functional groups attached to an aromatic ring is 1. The van der Waals surface area contributed by atoms with Gasteiger partial charge in [-0.1, -0.05) is 189 Å². The second kappa shape index (κ2) is 16.2. The van der Waals surface area contributed by atoms with Crippen molar-refractivity contribution in [2.45, 2.75) is 38.5 Å². The first kappa shape index (κ1) is 39.5. The number of benzene rings is 8. The Labute approximate surface area is 354 Å². The number of rotatable bonds is 4. The zero-order valence-corrected chi connectivity index (χ0v) is 35.1. The van der Waals surface area contributed by atoms with Crippen LogP contribution in [0.1, 0.15) is 49.9 Å². The van der Waals surface area contributed by atoms with Gasteiger partial charge in [-0.2, -0.15) is 0 Å². The summed E-state index contributed by atoms with van der Waals surface area (Å²) in [5, 5.41) is 3.39. The van der Waals surface area contributed by atoms with Gasteiger partial charge in [0.15, 0.2) is 0 Å². The van der Waals surface area contributed by atoms with E-state index in [9.17, 15) is 8.78 Å². The van der Waals surface area contributed by atoms with Crippen LogP contribution in [0.5, 0.6) is 0 Å². The molecule has 0 saturated heterocycles. The minimum Gasteiger partial charge on any atom is -0.396 e. The maximum absolute atomic E-state index is 14.7. The van der Waals surface area contributed by atoms with E-state index in [4.69, 9.17) is 5.73 Å². The molecular weight excluding hydrogens is 795 g/mol. The van der Waals surface area contributed by atoms with Gasteiger partial charge in [0.1, 0.15) is 11.6 Å². The minimum absolute atomic E-state index is 0.0753. The predicted molar refractivity (Wildman–Crippen MR) is 247 cm³/mol. The van der Waals surface area contributed by atoms with E-state index in [2.05, 4.69) is 122 Å². The fourth-order valence-corrected chi connectivity index (χ4v) is 9.08. The highest BCUT2D eigenvalue weighted by Gasteiger charge is 2.37. The van der Waals surface area contributed by atoms with Crippen LogP contribution in [0, 0.1) is 11.6 Å². The molecular formula is C54H45BrF2N2. The second-order valence-electron chi connectivity index (χ2n) is 16.0. The van der Waals surface area contributed by atoms with Crippen molar-refractivity contribution in [1.82, 2.24) is 0 Å². The standard InChI is InChI=1S/C27H22FN.C15H13Br.C12H10FN/c1-27(2)21-12-7-6-11-20(21)26-22(27)13-8-14-24(26)29-25-17-19(15-16-23(25)28)18-9-4-3-5-10-18;1-15(2)11-7-4-3-6-10(11)14-12(15)8-5-9-13(14)16;13-11-7-6-10(8-12(11)14)9-4-2-1-3-5-9/h3-17,29H,1-2H3;3-9H,1-2H3;1-8H,14H2. The molecule has 0 spiro atoms. The largest absolute Gasteiger partial charge is 0.396 e. The van der Waals surface area contributed by atoms with E-state index in [1.165, 1.54) is 55.5 Å². The molecule has 2 aliphatic carbocycles. The number of anilines is 3. The topological polar surface area (TPSA) is 38.0 Å². The third-order valence-electron chi connectivity index (χ3n) is 11.6. The van der Waals surface area contributed by atoms with Gasteiger partial charge in [-0.15, -0.1) is 0 Å². The lowest BCUT2D eigenvalue weighted by Gasteiger charge is -2.21. The maximum atomic E-state index is 14.7. The van der Waals surface area contributed by atoms with Crippen molar-refractivity contribution in [1.29, 1.82) is 0 Å². The lowest BCUT2D eigenvalue weighted by atomic mass is 9.82. The van der Waals surface area contributed by atoms with Crippen molar-refractivity contribution in [2.24, 2.45) is 0 Å². The van der Waals surface area contributed by atoms with Gasteiger partial charge in [-0.3, -0.25) is 0 Å². The molecule has 8 aromatic carbocycles. The highest BCUT2D eigenvalue weighted by atomic mass is 79.9. The highest BCUT2D eigenvalue weighted by molar-refractivity contribution is 9.10. The molecule has 0 amide bonds. The first-order chi connectivity index (χ1) is 28.4. The van der Waals surface area contributed by atoms with Crippen LogP contribution in [0.15, 0.2) is 186 Å². The average molecular weight is 840 g/mol. The Balaban J connectivity index is 0.000000136. The molecule has 0 aliphatic heterocycles. The normalized spacial score (nSPS) is 13.3.